The van der Waals surface area contributed by atoms with Gasteiger partial charge < -0.3 is 5.73 Å². The van der Waals surface area contributed by atoms with Gasteiger partial charge in [-0.25, -0.2) is 0 Å². The van der Waals surface area contributed by atoms with Crippen LogP contribution < -0.4 is 5.73 Å². The van der Waals surface area contributed by atoms with Gasteiger partial charge in [0, 0.05) is 12.6 Å². The molecule has 0 spiro atoms. The van der Waals surface area contributed by atoms with E-state index in [1.54, 1.807) is 0 Å². The maximum Gasteiger partial charge on any atom is 0.0218 e. The van der Waals surface area contributed by atoms with E-state index in [0.29, 0.717) is 6.04 Å². The van der Waals surface area contributed by atoms with Gasteiger partial charge in [-0.3, -0.25) is 4.90 Å². The summed E-state index contributed by atoms with van der Waals surface area (Å²) < 4.78 is 0. The lowest BCUT2D eigenvalue weighted by atomic mass is 10.1. The molecule has 1 saturated heterocycles. The predicted octanol–water partition coefficient (Wildman–Crippen LogP) is 1.21. The topological polar surface area (TPSA) is 29.3 Å². The number of hydrogen-bond acceptors (Lipinski definition) is 2. The maximum atomic E-state index is 5.70. The minimum absolute atomic E-state index is 0.669. The van der Waals surface area contributed by atoms with E-state index in [4.69, 9.17) is 5.73 Å². The minimum Gasteiger partial charge on any atom is -0.329 e. The molecular formula is C9H20N2. The van der Waals surface area contributed by atoms with Crippen LogP contribution in [0.1, 0.15) is 32.6 Å². The lowest BCUT2D eigenvalue weighted by molar-refractivity contribution is 0.234. The van der Waals surface area contributed by atoms with E-state index < -0.39 is 0 Å². The molecule has 1 aliphatic heterocycles. The molecule has 1 rings (SSSR count). The Morgan fingerprint density at radius 3 is 2.45 bits per heavy atom. The third-order valence-corrected chi connectivity index (χ3v) is 2.55. The fourth-order valence-electron chi connectivity index (χ4n) is 1.89. The van der Waals surface area contributed by atoms with Crippen molar-refractivity contribution in [1.29, 1.82) is 0 Å². The Balaban J connectivity index is 2.27. The van der Waals surface area contributed by atoms with Crippen LogP contribution in [0.15, 0.2) is 0 Å². The van der Waals surface area contributed by atoms with Gasteiger partial charge in [-0.05, 0) is 32.4 Å². The number of hydrogen-bond donors (Lipinski definition) is 1. The summed E-state index contributed by atoms with van der Waals surface area (Å²) in [5.74, 6) is 0. The van der Waals surface area contributed by atoms with Crippen LogP contribution in [0.25, 0.3) is 0 Å². The first-order valence-corrected chi connectivity index (χ1v) is 4.82. The second-order valence-electron chi connectivity index (χ2n) is 3.42. The Bertz CT molecular complexity index is 97.7. The third kappa shape index (κ3) is 2.46. The quantitative estimate of drug-likeness (QED) is 0.663. The molecule has 1 fully saturated rings. The monoisotopic (exact) mass is 156 g/mol. The Morgan fingerprint density at radius 2 is 2.00 bits per heavy atom. The molecule has 1 heterocycles. The van der Waals surface area contributed by atoms with Crippen molar-refractivity contribution in [2.45, 2.75) is 38.6 Å². The zero-order valence-electron chi connectivity index (χ0n) is 7.55. The average molecular weight is 156 g/mol. The van der Waals surface area contributed by atoms with E-state index in [0.717, 1.165) is 6.54 Å². The summed E-state index contributed by atoms with van der Waals surface area (Å²) in [5.41, 5.74) is 5.70. The van der Waals surface area contributed by atoms with Crippen LogP contribution in [0.2, 0.25) is 0 Å². The average Bonchev–Trinajstić information content (AvgIpc) is 2.52. The van der Waals surface area contributed by atoms with E-state index in [2.05, 4.69) is 11.8 Å². The molecular weight excluding hydrogens is 136 g/mol. The van der Waals surface area contributed by atoms with Crippen molar-refractivity contribution in [3.63, 3.8) is 0 Å². The van der Waals surface area contributed by atoms with Crippen LogP contribution in [0.4, 0.5) is 0 Å². The molecule has 1 atom stereocenters. The van der Waals surface area contributed by atoms with Gasteiger partial charge in [0.25, 0.3) is 0 Å². The second kappa shape index (κ2) is 4.73. The smallest absolute Gasteiger partial charge is 0.0218 e. The molecule has 0 bridgehead atoms. The van der Waals surface area contributed by atoms with E-state index in [1.807, 2.05) is 0 Å². The minimum atomic E-state index is 0.669. The summed E-state index contributed by atoms with van der Waals surface area (Å²) in [6, 6.07) is 0.669. The van der Waals surface area contributed by atoms with Gasteiger partial charge in [0.1, 0.15) is 0 Å². The Labute approximate surface area is 69.8 Å². The van der Waals surface area contributed by atoms with E-state index in [-0.39, 0.29) is 0 Å². The number of rotatable bonds is 4. The summed E-state index contributed by atoms with van der Waals surface area (Å²) in [5, 5.41) is 0. The molecule has 0 aromatic carbocycles. The molecule has 2 heteroatoms. The number of nitrogens with zero attached hydrogens (tertiary/aromatic N) is 1. The van der Waals surface area contributed by atoms with Crippen LogP contribution in [-0.2, 0) is 0 Å². The molecule has 0 aromatic heterocycles. The third-order valence-electron chi connectivity index (χ3n) is 2.55. The normalized spacial score (nSPS) is 22.4. The van der Waals surface area contributed by atoms with Gasteiger partial charge in [0.2, 0.25) is 0 Å². The lowest BCUT2D eigenvalue weighted by Crippen LogP contribution is -2.38. The van der Waals surface area contributed by atoms with Gasteiger partial charge in [-0.2, -0.15) is 0 Å². The highest BCUT2D eigenvalue weighted by Gasteiger charge is 2.19. The van der Waals surface area contributed by atoms with Gasteiger partial charge in [0.15, 0.2) is 0 Å². The molecule has 0 aliphatic carbocycles. The van der Waals surface area contributed by atoms with Crippen molar-refractivity contribution in [2.24, 2.45) is 5.73 Å². The standard InChI is InChI=1S/C9H20N2/c1-2-5-9(8-10)11-6-3-4-7-11/h9H,2-8,10H2,1H3/t9-/m0/s1. The lowest BCUT2D eigenvalue weighted by Gasteiger charge is -2.25. The van der Waals surface area contributed by atoms with E-state index in [9.17, 15) is 0 Å². The van der Waals surface area contributed by atoms with Gasteiger partial charge >= 0.3 is 0 Å². The van der Waals surface area contributed by atoms with E-state index >= 15 is 0 Å². The molecule has 66 valence electrons. The fraction of sp³-hybridized carbons (Fsp3) is 1.00. The summed E-state index contributed by atoms with van der Waals surface area (Å²) in [6.45, 7) is 5.64. The molecule has 0 radical (unpaired) electrons. The SMILES string of the molecule is CCC[C@@H](CN)N1CCCC1. The summed E-state index contributed by atoms with van der Waals surface area (Å²) >= 11 is 0. The first-order chi connectivity index (χ1) is 5.38. The van der Waals surface area contributed by atoms with E-state index in [1.165, 1.54) is 38.8 Å². The summed E-state index contributed by atoms with van der Waals surface area (Å²) in [7, 11) is 0. The molecule has 1 aliphatic rings. The summed E-state index contributed by atoms with van der Waals surface area (Å²) in [6.07, 6.45) is 5.29. The first-order valence-electron chi connectivity index (χ1n) is 4.82. The predicted molar refractivity (Wildman–Crippen MR) is 48.6 cm³/mol. The number of nitrogens with two attached hydrogens (primary N) is 1. The zero-order chi connectivity index (χ0) is 8.10. The van der Waals surface area contributed by atoms with Crippen molar-refractivity contribution in [3.8, 4) is 0 Å². The molecule has 0 amide bonds. The Hall–Kier alpha value is -0.0800. The highest BCUT2D eigenvalue weighted by molar-refractivity contribution is 4.76. The van der Waals surface area contributed by atoms with Crippen molar-refractivity contribution in [3.05, 3.63) is 0 Å². The molecule has 0 aromatic rings. The van der Waals surface area contributed by atoms with Crippen molar-refractivity contribution in [1.82, 2.24) is 4.90 Å². The Kier molecular flexibility index (Phi) is 3.87. The van der Waals surface area contributed by atoms with Crippen molar-refractivity contribution < 1.29 is 0 Å². The highest BCUT2D eigenvalue weighted by atomic mass is 15.2. The number of likely N-dealkylation sites (tertiary alicyclic amines) is 1. The van der Waals surface area contributed by atoms with Gasteiger partial charge in [-0.1, -0.05) is 13.3 Å². The highest BCUT2D eigenvalue weighted by Crippen LogP contribution is 2.14. The van der Waals surface area contributed by atoms with Crippen LogP contribution in [0, 0.1) is 0 Å². The maximum absolute atomic E-state index is 5.70. The molecule has 2 N–H and O–H groups in total. The van der Waals surface area contributed by atoms with Crippen LogP contribution in [0.3, 0.4) is 0 Å². The van der Waals surface area contributed by atoms with Gasteiger partial charge in [0.05, 0.1) is 0 Å². The van der Waals surface area contributed by atoms with Crippen LogP contribution in [-0.4, -0.2) is 30.6 Å². The van der Waals surface area contributed by atoms with Gasteiger partial charge in [-0.15, -0.1) is 0 Å². The fourth-order valence-corrected chi connectivity index (χ4v) is 1.89. The molecule has 11 heavy (non-hydrogen) atoms. The van der Waals surface area contributed by atoms with Crippen LogP contribution >= 0.6 is 0 Å². The van der Waals surface area contributed by atoms with Crippen LogP contribution in [0.5, 0.6) is 0 Å². The first kappa shape index (κ1) is 9.01. The van der Waals surface area contributed by atoms with Crippen molar-refractivity contribution >= 4 is 0 Å². The molecule has 0 saturated carbocycles. The zero-order valence-corrected chi connectivity index (χ0v) is 7.55. The Morgan fingerprint density at radius 1 is 1.36 bits per heavy atom. The second-order valence-corrected chi connectivity index (χ2v) is 3.42. The molecule has 0 unspecified atom stereocenters. The molecule has 2 nitrogen and oxygen atoms in total. The van der Waals surface area contributed by atoms with Crippen molar-refractivity contribution in [2.75, 3.05) is 19.6 Å². The largest absolute Gasteiger partial charge is 0.329 e. The summed E-state index contributed by atoms with van der Waals surface area (Å²) in [4.78, 5) is 2.55.